The SMILES string of the molecule is CC1CCCN(c2ccc(C(C)(C)C)cc2)C1. The van der Waals surface area contributed by atoms with Crippen molar-refractivity contribution >= 4 is 5.69 Å². The van der Waals surface area contributed by atoms with Crippen molar-refractivity contribution in [3.05, 3.63) is 29.8 Å². The summed E-state index contributed by atoms with van der Waals surface area (Å²) in [5, 5.41) is 0. The fourth-order valence-electron chi connectivity index (χ4n) is 2.60. The second kappa shape index (κ2) is 4.72. The van der Waals surface area contributed by atoms with Crippen molar-refractivity contribution in [3.8, 4) is 0 Å². The molecule has 1 aromatic rings. The molecule has 0 spiro atoms. The first kappa shape index (κ1) is 12.5. The summed E-state index contributed by atoms with van der Waals surface area (Å²) < 4.78 is 0. The molecule has 1 aliphatic heterocycles. The Balaban J connectivity index is 2.12. The van der Waals surface area contributed by atoms with E-state index >= 15 is 0 Å². The van der Waals surface area contributed by atoms with Crippen molar-refractivity contribution in [3.63, 3.8) is 0 Å². The molecule has 2 rings (SSSR count). The van der Waals surface area contributed by atoms with Crippen LogP contribution >= 0.6 is 0 Å². The molecule has 1 saturated heterocycles. The van der Waals surface area contributed by atoms with E-state index < -0.39 is 0 Å². The predicted molar refractivity (Wildman–Crippen MR) is 75.8 cm³/mol. The molecule has 1 atom stereocenters. The van der Waals surface area contributed by atoms with Crippen LogP contribution in [0.3, 0.4) is 0 Å². The number of rotatable bonds is 1. The highest BCUT2D eigenvalue weighted by atomic mass is 15.1. The molecule has 1 unspecified atom stereocenters. The molecule has 0 saturated carbocycles. The minimum atomic E-state index is 0.258. The maximum atomic E-state index is 2.53. The van der Waals surface area contributed by atoms with Gasteiger partial charge in [-0.1, -0.05) is 39.8 Å². The van der Waals surface area contributed by atoms with Crippen molar-refractivity contribution in [1.29, 1.82) is 0 Å². The molecule has 0 N–H and O–H groups in total. The average Bonchev–Trinajstić information content (AvgIpc) is 2.28. The van der Waals surface area contributed by atoms with Gasteiger partial charge in [0.15, 0.2) is 0 Å². The molecule has 17 heavy (non-hydrogen) atoms. The number of anilines is 1. The third-order valence-electron chi connectivity index (χ3n) is 3.76. The quantitative estimate of drug-likeness (QED) is 0.699. The van der Waals surface area contributed by atoms with Crippen LogP contribution in [0.15, 0.2) is 24.3 Å². The number of hydrogen-bond donors (Lipinski definition) is 0. The molecule has 94 valence electrons. The molecule has 1 heteroatoms. The van der Waals surface area contributed by atoms with Crippen molar-refractivity contribution < 1.29 is 0 Å². The molecule has 1 aromatic carbocycles. The highest BCUT2D eigenvalue weighted by Gasteiger charge is 2.18. The van der Waals surface area contributed by atoms with Gasteiger partial charge >= 0.3 is 0 Å². The van der Waals surface area contributed by atoms with Gasteiger partial charge in [-0.25, -0.2) is 0 Å². The monoisotopic (exact) mass is 231 g/mol. The Kier molecular flexibility index (Phi) is 3.46. The highest BCUT2D eigenvalue weighted by molar-refractivity contribution is 5.48. The van der Waals surface area contributed by atoms with Crippen LogP contribution in [0.5, 0.6) is 0 Å². The Morgan fingerprint density at radius 2 is 1.76 bits per heavy atom. The Bertz CT molecular complexity index is 358. The minimum Gasteiger partial charge on any atom is -0.371 e. The zero-order valence-electron chi connectivity index (χ0n) is 11.7. The number of benzene rings is 1. The van der Waals surface area contributed by atoms with E-state index in [9.17, 15) is 0 Å². The summed E-state index contributed by atoms with van der Waals surface area (Å²) in [7, 11) is 0. The summed E-state index contributed by atoms with van der Waals surface area (Å²) in [6, 6.07) is 9.15. The van der Waals surface area contributed by atoms with Crippen LogP contribution in [-0.2, 0) is 5.41 Å². The minimum absolute atomic E-state index is 0.258. The van der Waals surface area contributed by atoms with Gasteiger partial charge in [0.2, 0.25) is 0 Å². The summed E-state index contributed by atoms with van der Waals surface area (Å²) >= 11 is 0. The first-order chi connectivity index (χ1) is 7.97. The van der Waals surface area contributed by atoms with Crippen LogP contribution in [0.1, 0.15) is 46.1 Å². The standard InChI is InChI=1S/C16H25N/c1-13-6-5-11-17(12-13)15-9-7-14(8-10-15)16(2,3)4/h7-10,13H,5-6,11-12H2,1-4H3. The molecule has 0 amide bonds. The Morgan fingerprint density at radius 3 is 2.29 bits per heavy atom. The number of hydrogen-bond acceptors (Lipinski definition) is 1. The fourth-order valence-corrected chi connectivity index (χ4v) is 2.60. The van der Waals surface area contributed by atoms with E-state index in [1.54, 1.807) is 0 Å². The van der Waals surface area contributed by atoms with Crippen LogP contribution in [0, 0.1) is 5.92 Å². The molecule has 1 fully saturated rings. The van der Waals surface area contributed by atoms with Gasteiger partial charge in [-0.3, -0.25) is 0 Å². The van der Waals surface area contributed by atoms with E-state index in [-0.39, 0.29) is 5.41 Å². The van der Waals surface area contributed by atoms with Crippen molar-refractivity contribution in [2.24, 2.45) is 5.92 Å². The maximum absolute atomic E-state index is 2.53. The van der Waals surface area contributed by atoms with Crippen LogP contribution in [0.2, 0.25) is 0 Å². The van der Waals surface area contributed by atoms with Crippen LogP contribution < -0.4 is 4.90 Å². The third kappa shape index (κ3) is 3.02. The average molecular weight is 231 g/mol. The fraction of sp³-hybridized carbons (Fsp3) is 0.625. The molecular weight excluding hydrogens is 206 g/mol. The molecule has 1 aliphatic rings. The Labute approximate surface area is 106 Å². The molecule has 1 heterocycles. The molecular formula is C16H25N. The van der Waals surface area contributed by atoms with Gasteiger partial charge in [0.1, 0.15) is 0 Å². The Morgan fingerprint density at radius 1 is 1.12 bits per heavy atom. The summed E-state index contributed by atoms with van der Waals surface area (Å²) in [6.07, 6.45) is 2.72. The predicted octanol–water partition coefficient (Wildman–Crippen LogP) is 4.22. The van der Waals surface area contributed by atoms with Gasteiger partial charge in [-0.2, -0.15) is 0 Å². The zero-order chi connectivity index (χ0) is 12.5. The lowest BCUT2D eigenvalue weighted by Crippen LogP contribution is -2.34. The molecule has 0 radical (unpaired) electrons. The van der Waals surface area contributed by atoms with Gasteiger partial charge in [0.05, 0.1) is 0 Å². The maximum Gasteiger partial charge on any atom is 0.0366 e. The van der Waals surface area contributed by atoms with E-state index in [4.69, 9.17) is 0 Å². The number of nitrogens with zero attached hydrogens (tertiary/aromatic N) is 1. The smallest absolute Gasteiger partial charge is 0.0366 e. The van der Waals surface area contributed by atoms with E-state index in [0.717, 1.165) is 5.92 Å². The van der Waals surface area contributed by atoms with Crippen molar-refractivity contribution in [2.45, 2.75) is 46.0 Å². The van der Waals surface area contributed by atoms with Gasteiger partial charge in [0.25, 0.3) is 0 Å². The first-order valence-electron chi connectivity index (χ1n) is 6.82. The summed E-state index contributed by atoms with van der Waals surface area (Å²) in [6.45, 7) is 11.6. The summed E-state index contributed by atoms with van der Waals surface area (Å²) in [5.41, 5.74) is 3.07. The second-order valence-corrected chi connectivity index (χ2v) is 6.49. The Hall–Kier alpha value is -0.980. The van der Waals surface area contributed by atoms with Crippen LogP contribution in [0.4, 0.5) is 5.69 Å². The van der Waals surface area contributed by atoms with Gasteiger partial charge in [-0.05, 0) is 41.9 Å². The van der Waals surface area contributed by atoms with E-state index in [1.807, 2.05) is 0 Å². The van der Waals surface area contributed by atoms with E-state index in [2.05, 4.69) is 56.9 Å². The van der Waals surface area contributed by atoms with Crippen LogP contribution in [-0.4, -0.2) is 13.1 Å². The molecule has 0 aromatic heterocycles. The number of piperidine rings is 1. The van der Waals surface area contributed by atoms with Gasteiger partial charge < -0.3 is 4.90 Å². The van der Waals surface area contributed by atoms with Crippen molar-refractivity contribution in [1.82, 2.24) is 0 Å². The van der Waals surface area contributed by atoms with Gasteiger partial charge in [-0.15, -0.1) is 0 Å². The normalized spacial score (nSPS) is 21.6. The summed E-state index contributed by atoms with van der Waals surface area (Å²) in [4.78, 5) is 2.53. The lowest BCUT2D eigenvalue weighted by atomic mass is 9.87. The second-order valence-electron chi connectivity index (χ2n) is 6.49. The topological polar surface area (TPSA) is 3.24 Å². The largest absolute Gasteiger partial charge is 0.371 e. The lowest BCUT2D eigenvalue weighted by molar-refractivity contribution is 0.447. The summed E-state index contributed by atoms with van der Waals surface area (Å²) in [5.74, 6) is 0.839. The van der Waals surface area contributed by atoms with E-state index in [1.165, 1.54) is 37.2 Å². The van der Waals surface area contributed by atoms with E-state index in [0.29, 0.717) is 0 Å². The molecule has 1 nitrogen and oxygen atoms in total. The highest BCUT2D eigenvalue weighted by Crippen LogP contribution is 2.27. The first-order valence-corrected chi connectivity index (χ1v) is 6.82. The lowest BCUT2D eigenvalue weighted by Gasteiger charge is -2.33. The zero-order valence-corrected chi connectivity index (χ0v) is 11.7. The van der Waals surface area contributed by atoms with Crippen LogP contribution in [0.25, 0.3) is 0 Å². The van der Waals surface area contributed by atoms with Gasteiger partial charge in [0, 0.05) is 18.8 Å². The van der Waals surface area contributed by atoms with Crippen molar-refractivity contribution in [2.75, 3.05) is 18.0 Å². The molecule has 0 aliphatic carbocycles. The third-order valence-corrected chi connectivity index (χ3v) is 3.76. The molecule has 0 bridgehead atoms.